The zero-order valence-corrected chi connectivity index (χ0v) is 10.2. The van der Waals surface area contributed by atoms with Crippen molar-refractivity contribution in [2.75, 3.05) is 23.4 Å². The highest BCUT2D eigenvalue weighted by Crippen LogP contribution is 2.13. The average molecular weight is 277 g/mol. The summed E-state index contributed by atoms with van der Waals surface area (Å²) in [4.78, 5) is 11.4. The molecule has 0 saturated heterocycles. The van der Waals surface area contributed by atoms with Crippen LogP contribution in [0.1, 0.15) is 0 Å². The quantitative estimate of drug-likeness (QED) is 0.725. The number of hydrogen-bond donors (Lipinski definition) is 3. The predicted octanol–water partition coefficient (Wildman–Crippen LogP) is 0.990. The molecule has 0 spiro atoms. The summed E-state index contributed by atoms with van der Waals surface area (Å²) in [5.74, 6) is -2.13. The fourth-order valence-electron chi connectivity index (χ4n) is 1.11. The Balaban J connectivity index is 2.38. The Bertz CT molecular complexity index is 417. The van der Waals surface area contributed by atoms with Gasteiger partial charge >= 0.3 is 0 Å². The largest absolute Gasteiger partial charge is 0.394 e. The van der Waals surface area contributed by atoms with E-state index in [4.69, 9.17) is 10.2 Å². The van der Waals surface area contributed by atoms with Crippen molar-refractivity contribution in [3.05, 3.63) is 29.8 Å². The first-order chi connectivity index (χ1) is 8.52. The molecule has 0 bridgehead atoms. The lowest BCUT2D eigenvalue weighted by Gasteiger charge is -2.07. The van der Waals surface area contributed by atoms with Gasteiger partial charge in [-0.15, -0.1) is 11.8 Å². The molecule has 1 rings (SSSR count). The van der Waals surface area contributed by atoms with Crippen LogP contribution in [0.25, 0.3) is 0 Å². The zero-order chi connectivity index (χ0) is 13.5. The van der Waals surface area contributed by atoms with E-state index in [-0.39, 0.29) is 23.8 Å². The number of benzene rings is 1. The summed E-state index contributed by atoms with van der Waals surface area (Å²) in [5.41, 5.74) is 0.169. The van der Waals surface area contributed by atoms with E-state index in [0.717, 1.165) is 23.9 Å². The fourth-order valence-corrected chi connectivity index (χ4v) is 1.86. The molecule has 100 valence electrons. The lowest BCUT2D eigenvalue weighted by Crippen LogP contribution is -2.19. The number of aliphatic hydroxyl groups is 2. The van der Waals surface area contributed by atoms with Gasteiger partial charge in [0.15, 0.2) is 11.6 Å². The van der Waals surface area contributed by atoms with Crippen molar-refractivity contribution in [2.24, 2.45) is 0 Å². The van der Waals surface area contributed by atoms with Gasteiger partial charge in [0.2, 0.25) is 5.91 Å². The van der Waals surface area contributed by atoms with Crippen LogP contribution in [0.2, 0.25) is 0 Å². The molecule has 4 nitrogen and oxygen atoms in total. The van der Waals surface area contributed by atoms with Gasteiger partial charge in [-0.05, 0) is 12.1 Å². The molecule has 0 aliphatic carbocycles. The summed E-state index contributed by atoms with van der Waals surface area (Å²) >= 11 is 1.13. The van der Waals surface area contributed by atoms with Crippen LogP contribution in [0.15, 0.2) is 18.2 Å². The molecule has 0 radical (unpaired) electrons. The number of amides is 1. The van der Waals surface area contributed by atoms with Crippen molar-refractivity contribution in [3.8, 4) is 0 Å². The number of hydrogen-bond acceptors (Lipinski definition) is 4. The Hall–Kier alpha value is -1.18. The molecule has 0 fully saturated rings. The van der Waals surface area contributed by atoms with Crippen LogP contribution in [0.4, 0.5) is 14.5 Å². The van der Waals surface area contributed by atoms with Gasteiger partial charge in [0.25, 0.3) is 0 Å². The summed E-state index contributed by atoms with van der Waals surface area (Å²) in [6, 6.07) is 3.07. The number of thioether (sulfide) groups is 1. The lowest BCUT2D eigenvalue weighted by atomic mass is 10.3. The first-order valence-corrected chi connectivity index (χ1v) is 6.30. The van der Waals surface area contributed by atoms with E-state index >= 15 is 0 Å². The molecule has 1 unspecified atom stereocenters. The standard InChI is InChI=1S/C11H13F2NO3S/c12-9-2-1-7(3-10(9)13)14-11(17)6-18-5-8(16)4-15/h1-3,8,15-16H,4-6H2,(H,14,17). The molecule has 1 amide bonds. The van der Waals surface area contributed by atoms with Gasteiger partial charge in [0, 0.05) is 17.5 Å². The Labute approximate surface area is 107 Å². The van der Waals surface area contributed by atoms with Gasteiger partial charge in [0.1, 0.15) is 0 Å². The van der Waals surface area contributed by atoms with Crippen molar-refractivity contribution < 1.29 is 23.8 Å². The third-order valence-corrected chi connectivity index (χ3v) is 3.04. The Kier molecular flexibility index (Phi) is 6.03. The number of carbonyl (C=O) groups excluding carboxylic acids is 1. The number of anilines is 1. The highest BCUT2D eigenvalue weighted by Gasteiger charge is 2.08. The summed E-state index contributed by atoms with van der Waals surface area (Å²) in [5, 5.41) is 20.0. The SMILES string of the molecule is O=C(CSCC(O)CO)Nc1ccc(F)c(F)c1. The zero-order valence-electron chi connectivity index (χ0n) is 9.40. The Morgan fingerprint density at radius 1 is 1.39 bits per heavy atom. The van der Waals surface area contributed by atoms with Crippen LogP contribution in [-0.2, 0) is 4.79 Å². The Morgan fingerprint density at radius 2 is 2.11 bits per heavy atom. The molecule has 7 heteroatoms. The number of rotatable bonds is 6. The highest BCUT2D eigenvalue weighted by atomic mass is 32.2. The molecule has 3 N–H and O–H groups in total. The molecule has 0 saturated carbocycles. The number of halogens is 2. The summed E-state index contributed by atoms with van der Waals surface area (Å²) in [6.07, 6.45) is -0.869. The highest BCUT2D eigenvalue weighted by molar-refractivity contribution is 8.00. The average Bonchev–Trinajstić information content (AvgIpc) is 2.33. The molecule has 0 aliphatic rings. The summed E-state index contributed by atoms with van der Waals surface area (Å²) < 4.78 is 25.5. The van der Waals surface area contributed by atoms with Crippen LogP contribution in [-0.4, -0.2) is 40.3 Å². The summed E-state index contributed by atoms with van der Waals surface area (Å²) in [7, 11) is 0. The first kappa shape index (κ1) is 14.9. The molecular weight excluding hydrogens is 264 g/mol. The third kappa shape index (κ3) is 4.99. The molecule has 18 heavy (non-hydrogen) atoms. The second-order valence-electron chi connectivity index (χ2n) is 3.53. The van der Waals surface area contributed by atoms with E-state index in [1.165, 1.54) is 6.07 Å². The van der Waals surface area contributed by atoms with E-state index < -0.39 is 23.6 Å². The van der Waals surface area contributed by atoms with E-state index in [0.29, 0.717) is 0 Å². The molecule has 0 aliphatic heterocycles. The van der Waals surface area contributed by atoms with Crippen LogP contribution < -0.4 is 5.32 Å². The van der Waals surface area contributed by atoms with Gasteiger partial charge < -0.3 is 15.5 Å². The van der Waals surface area contributed by atoms with Gasteiger partial charge in [-0.1, -0.05) is 0 Å². The van der Waals surface area contributed by atoms with Crippen molar-refractivity contribution in [1.82, 2.24) is 0 Å². The first-order valence-electron chi connectivity index (χ1n) is 5.14. The normalized spacial score (nSPS) is 12.2. The smallest absolute Gasteiger partial charge is 0.234 e. The topological polar surface area (TPSA) is 69.6 Å². The monoisotopic (exact) mass is 277 g/mol. The van der Waals surface area contributed by atoms with Gasteiger partial charge in [0.05, 0.1) is 18.5 Å². The van der Waals surface area contributed by atoms with Gasteiger partial charge in [-0.3, -0.25) is 4.79 Å². The van der Waals surface area contributed by atoms with Crippen molar-refractivity contribution in [3.63, 3.8) is 0 Å². The predicted molar refractivity (Wildman–Crippen MR) is 65.4 cm³/mol. The van der Waals surface area contributed by atoms with Crippen LogP contribution >= 0.6 is 11.8 Å². The maximum atomic E-state index is 12.8. The van der Waals surface area contributed by atoms with Crippen LogP contribution in [0.3, 0.4) is 0 Å². The minimum absolute atomic E-state index is 0.0516. The maximum Gasteiger partial charge on any atom is 0.234 e. The minimum Gasteiger partial charge on any atom is -0.394 e. The van der Waals surface area contributed by atoms with Crippen LogP contribution in [0, 0.1) is 11.6 Å². The number of aliphatic hydroxyl groups excluding tert-OH is 2. The van der Waals surface area contributed by atoms with E-state index in [1.807, 2.05) is 0 Å². The molecule has 1 aromatic carbocycles. The van der Waals surface area contributed by atoms with Gasteiger partial charge in [-0.25, -0.2) is 8.78 Å². The third-order valence-electron chi connectivity index (χ3n) is 1.96. The molecule has 1 aromatic rings. The Morgan fingerprint density at radius 3 is 2.72 bits per heavy atom. The molecular formula is C11H13F2NO3S. The van der Waals surface area contributed by atoms with Crippen molar-refractivity contribution in [2.45, 2.75) is 6.10 Å². The number of carbonyl (C=O) groups is 1. The fraction of sp³-hybridized carbons (Fsp3) is 0.364. The minimum atomic E-state index is -1.03. The number of nitrogens with one attached hydrogen (secondary N) is 1. The van der Waals surface area contributed by atoms with E-state index in [1.54, 1.807) is 0 Å². The molecule has 0 aromatic heterocycles. The van der Waals surface area contributed by atoms with Gasteiger partial charge in [-0.2, -0.15) is 0 Å². The van der Waals surface area contributed by atoms with Crippen LogP contribution in [0.5, 0.6) is 0 Å². The van der Waals surface area contributed by atoms with E-state index in [2.05, 4.69) is 5.32 Å². The molecule has 0 heterocycles. The summed E-state index contributed by atoms with van der Waals surface area (Å²) in [6.45, 7) is -0.363. The van der Waals surface area contributed by atoms with Crippen molar-refractivity contribution in [1.29, 1.82) is 0 Å². The second kappa shape index (κ2) is 7.30. The second-order valence-corrected chi connectivity index (χ2v) is 4.56. The van der Waals surface area contributed by atoms with E-state index in [9.17, 15) is 13.6 Å². The maximum absolute atomic E-state index is 12.8. The molecule has 1 atom stereocenters. The lowest BCUT2D eigenvalue weighted by molar-refractivity contribution is -0.113. The van der Waals surface area contributed by atoms with Crippen molar-refractivity contribution >= 4 is 23.4 Å².